The van der Waals surface area contributed by atoms with E-state index in [2.05, 4.69) is 79.1 Å². The fraction of sp³-hybridized carbons (Fsp3) is 0.500. The van der Waals surface area contributed by atoms with Gasteiger partial charge in [0.25, 0.3) is 0 Å². The Balaban J connectivity index is 0.000000160. The Morgan fingerprint density at radius 2 is 0.870 bits per heavy atom. The van der Waals surface area contributed by atoms with Gasteiger partial charge in [-0.25, -0.2) is 0 Å². The normalized spacial score (nSPS) is 39.1. The van der Waals surface area contributed by atoms with Gasteiger partial charge < -0.3 is 0 Å². The minimum absolute atomic E-state index is 0. The summed E-state index contributed by atoms with van der Waals surface area (Å²) >= 11 is 0. The summed E-state index contributed by atoms with van der Waals surface area (Å²) < 4.78 is 0. The zero-order valence-electron chi connectivity index (χ0n) is 14.6. The third-order valence-electron chi connectivity index (χ3n) is 5.15. The van der Waals surface area contributed by atoms with Crippen LogP contribution in [0.4, 0.5) is 0 Å². The average Bonchev–Trinajstić information content (AvgIpc) is 3.13. The van der Waals surface area contributed by atoms with Gasteiger partial charge in [0.1, 0.15) is 0 Å². The van der Waals surface area contributed by atoms with Crippen LogP contribution >= 0.6 is 15.8 Å². The van der Waals surface area contributed by atoms with E-state index < -0.39 is 0 Å². The van der Waals surface area contributed by atoms with Gasteiger partial charge in [-0.05, 0) is 86.8 Å². The molecule has 0 amide bonds. The van der Waals surface area contributed by atoms with Crippen LogP contribution < -0.4 is 0 Å². The summed E-state index contributed by atoms with van der Waals surface area (Å²) in [6, 6.07) is 0. The van der Waals surface area contributed by atoms with Crippen molar-refractivity contribution in [2.24, 2.45) is 0 Å². The van der Waals surface area contributed by atoms with Crippen LogP contribution in [0.3, 0.4) is 0 Å². The van der Waals surface area contributed by atoms with Crippen molar-refractivity contribution in [3.05, 3.63) is 62.7 Å². The smallest absolute Gasteiger partial charge is 0.00801 e. The van der Waals surface area contributed by atoms with Crippen molar-refractivity contribution in [3.8, 4) is 0 Å². The van der Waals surface area contributed by atoms with E-state index >= 15 is 0 Å². The van der Waals surface area contributed by atoms with Crippen LogP contribution in [0.5, 0.6) is 0 Å². The zero-order chi connectivity index (χ0) is 15.7. The molecular weight excluding hydrogens is 358 g/mol. The molecule has 126 valence electrons. The molecule has 4 fully saturated rings. The van der Waals surface area contributed by atoms with Crippen molar-refractivity contribution in [1.29, 1.82) is 0 Å². The molecule has 0 N–H and O–H groups in total. The molecule has 4 atom stereocenters. The summed E-state index contributed by atoms with van der Waals surface area (Å²) in [5.74, 6) is 0. The maximum Gasteiger partial charge on any atom is 0.00801 e. The summed E-state index contributed by atoms with van der Waals surface area (Å²) in [5, 5.41) is 0. The van der Waals surface area contributed by atoms with Gasteiger partial charge in [-0.15, -0.1) is 0 Å². The van der Waals surface area contributed by atoms with Crippen LogP contribution in [-0.4, -0.2) is 22.6 Å². The van der Waals surface area contributed by atoms with Gasteiger partial charge in [0, 0.05) is 28.4 Å². The fourth-order valence-corrected chi connectivity index (χ4v) is 10.3. The maximum atomic E-state index is 2.39. The van der Waals surface area contributed by atoms with E-state index in [0.29, 0.717) is 0 Å². The first-order chi connectivity index (χ1) is 10.6. The van der Waals surface area contributed by atoms with Gasteiger partial charge in [0.05, 0.1) is 0 Å². The Morgan fingerprint density at radius 3 is 1.09 bits per heavy atom. The third-order valence-corrected chi connectivity index (χ3v) is 11.6. The Kier molecular flexibility index (Phi) is 8.41. The van der Waals surface area contributed by atoms with Gasteiger partial charge >= 0.3 is 0 Å². The number of rotatable bonds is 2. The van der Waals surface area contributed by atoms with E-state index in [0.717, 1.165) is 22.6 Å². The Morgan fingerprint density at radius 1 is 0.609 bits per heavy atom. The van der Waals surface area contributed by atoms with E-state index in [9.17, 15) is 0 Å². The van der Waals surface area contributed by atoms with Crippen molar-refractivity contribution in [3.63, 3.8) is 0 Å². The van der Waals surface area contributed by atoms with Gasteiger partial charge in [-0.1, -0.05) is 43.5 Å². The van der Waals surface area contributed by atoms with E-state index in [1.807, 2.05) is 0 Å². The molecule has 2 saturated heterocycles. The molecule has 23 heavy (non-hydrogen) atoms. The number of hydrogen-bond acceptors (Lipinski definition) is 0. The number of hydrogen-bond donors (Lipinski definition) is 0. The molecule has 0 aromatic carbocycles. The van der Waals surface area contributed by atoms with E-state index in [1.54, 1.807) is 11.3 Å². The third kappa shape index (κ3) is 4.76. The molecule has 4 aliphatic rings. The first-order valence-electron chi connectivity index (χ1n) is 8.58. The topological polar surface area (TPSA) is 0 Å². The van der Waals surface area contributed by atoms with Crippen molar-refractivity contribution in [2.45, 2.75) is 63.2 Å². The Hall–Kier alpha value is 1.38. The second-order valence-corrected chi connectivity index (χ2v) is 13.2. The van der Waals surface area contributed by atoms with Gasteiger partial charge in [-0.2, -0.15) is 0 Å². The fourth-order valence-electron chi connectivity index (χ4n) is 4.12. The zero-order valence-corrected chi connectivity index (χ0v) is 17.5. The molecular formula is C20H28FeP2. The van der Waals surface area contributed by atoms with Crippen LogP contribution in [-0.2, 0) is 17.1 Å². The molecule has 0 aromatic heterocycles. The summed E-state index contributed by atoms with van der Waals surface area (Å²) in [5.41, 5.74) is 7.13. The van der Waals surface area contributed by atoms with E-state index in [4.69, 9.17) is 0 Å². The Labute approximate surface area is 158 Å². The molecule has 4 rings (SSSR count). The van der Waals surface area contributed by atoms with Crippen LogP contribution in [0.25, 0.3) is 0 Å². The van der Waals surface area contributed by atoms with Crippen molar-refractivity contribution in [2.75, 3.05) is 0 Å². The van der Waals surface area contributed by atoms with Crippen molar-refractivity contribution >= 4 is 15.8 Å². The minimum atomic E-state index is 0. The van der Waals surface area contributed by atoms with Crippen molar-refractivity contribution < 1.29 is 17.1 Å². The first-order valence-corrected chi connectivity index (χ1v) is 11.5. The quantitative estimate of drug-likeness (QED) is 0.402. The standard InChI is InChI=1S/2C10H14P.Fe/c2*1-8-7-9(2)11(8)10-5-3-4-6-10;/h2*3-6,8-9H,7H2,1-2H3;/t2*8-,9-;/m11./s1. The monoisotopic (exact) mass is 386 g/mol. The van der Waals surface area contributed by atoms with Crippen LogP contribution in [0.15, 0.2) is 0 Å². The average molecular weight is 386 g/mol. The molecule has 2 saturated carbocycles. The molecule has 0 spiro atoms. The van der Waals surface area contributed by atoms with Crippen molar-refractivity contribution in [1.82, 2.24) is 0 Å². The molecule has 3 heteroatoms. The summed E-state index contributed by atoms with van der Waals surface area (Å²) in [4.78, 5) is 0. The molecule has 0 bridgehead atoms. The van der Waals surface area contributed by atoms with E-state index in [-0.39, 0.29) is 32.9 Å². The van der Waals surface area contributed by atoms with Crippen LogP contribution in [0.2, 0.25) is 0 Å². The van der Waals surface area contributed by atoms with Gasteiger partial charge in [-0.3, -0.25) is 0 Å². The summed E-state index contributed by atoms with van der Waals surface area (Å²) in [6.07, 6.45) is 20.7. The SMILES string of the molecule is C[C@@H]1C[C@@H](C)P1[C]1[CH][CH][CH][CH]1.C[C@@H]1C[C@@H](C)P1[C]1[CH][CH][CH][CH]1.[Fe]. The molecule has 10 radical (unpaired) electrons. The second kappa shape index (κ2) is 9.35. The van der Waals surface area contributed by atoms with E-state index in [1.165, 1.54) is 12.8 Å². The molecule has 0 aromatic rings. The predicted octanol–water partition coefficient (Wildman–Crippen LogP) is 6.02. The molecule has 0 unspecified atom stereocenters. The summed E-state index contributed by atoms with van der Waals surface area (Å²) in [6.45, 7) is 9.55. The van der Waals surface area contributed by atoms with Gasteiger partial charge in [0.15, 0.2) is 0 Å². The molecule has 0 nitrogen and oxygen atoms in total. The second-order valence-electron chi connectivity index (χ2n) is 6.97. The molecule has 2 aliphatic heterocycles. The van der Waals surface area contributed by atoms with Crippen LogP contribution in [0.1, 0.15) is 40.5 Å². The maximum absolute atomic E-state index is 2.39. The predicted molar refractivity (Wildman–Crippen MR) is 102 cm³/mol. The van der Waals surface area contributed by atoms with Gasteiger partial charge in [0.2, 0.25) is 0 Å². The van der Waals surface area contributed by atoms with Crippen LogP contribution in [0, 0.1) is 62.7 Å². The minimum Gasteiger partial charge on any atom is -0.0929 e. The molecule has 2 heterocycles. The molecule has 2 aliphatic carbocycles. The first kappa shape index (κ1) is 20.7. The Bertz CT molecular complexity index is 300. The summed E-state index contributed by atoms with van der Waals surface area (Å²) in [7, 11) is 0.443. The largest absolute Gasteiger partial charge is 0.0929 e.